The number of nitrogens with zero attached hydrogens (tertiary/aromatic N) is 1. The van der Waals surface area contributed by atoms with Gasteiger partial charge in [0.05, 0.1) is 5.56 Å². The molecule has 21 heavy (non-hydrogen) atoms. The Labute approximate surface area is 121 Å². The maximum absolute atomic E-state index is 12.1. The second-order valence-corrected chi connectivity index (χ2v) is 4.91. The van der Waals surface area contributed by atoms with E-state index in [-0.39, 0.29) is 18.0 Å². The van der Waals surface area contributed by atoms with Crippen LogP contribution in [0.5, 0.6) is 0 Å². The molecule has 0 aliphatic carbocycles. The topological polar surface area (TPSA) is 113 Å². The van der Waals surface area contributed by atoms with E-state index in [4.69, 9.17) is 10.8 Å². The number of carboxylic acids is 1. The monoisotopic (exact) mass is 291 g/mol. The van der Waals surface area contributed by atoms with E-state index in [9.17, 15) is 14.4 Å². The molecule has 3 amide bonds. The van der Waals surface area contributed by atoms with Gasteiger partial charge in [0, 0.05) is 13.1 Å². The highest BCUT2D eigenvalue weighted by Crippen LogP contribution is 2.17. The van der Waals surface area contributed by atoms with Crippen LogP contribution in [0.2, 0.25) is 0 Å². The summed E-state index contributed by atoms with van der Waals surface area (Å²) >= 11 is 0. The summed E-state index contributed by atoms with van der Waals surface area (Å²) in [6.07, 6.45) is 1.36. The molecule has 4 N–H and O–H groups in total. The van der Waals surface area contributed by atoms with Gasteiger partial charge in [0.2, 0.25) is 5.91 Å². The van der Waals surface area contributed by atoms with Gasteiger partial charge in [0.1, 0.15) is 6.04 Å². The molecule has 1 aromatic carbocycles. The standard InChI is InChI=1S/C14H17N3O4/c15-14(21)17-7-1-2-11(17)12(18)16-8-9-3-5-10(6-4-9)13(19)20/h3-6,11H,1-2,7-8H2,(H2,15,21)(H,16,18)(H,19,20)/t11-/m0/s1. The summed E-state index contributed by atoms with van der Waals surface area (Å²) in [5, 5.41) is 11.5. The number of carboxylic acid groups (broad SMARTS) is 1. The largest absolute Gasteiger partial charge is 0.478 e. The van der Waals surface area contributed by atoms with Crippen molar-refractivity contribution in [3.63, 3.8) is 0 Å². The molecule has 1 atom stereocenters. The molecule has 1 aliphatic rings. The van der Waals surface area contributed by atoms with Crippen LogP contribution in [0.15, 0.2) is 24.3 Å². The van der Waals surface area contributed by atoms with E-state index < -0.39 is 18.0 Å². The lowest BCUT2D eigenvalue weighted by atomic mass is 10.1. The van der Waals surface area contributed by atoms with Gasteiger partial charge in [-0.25, -0.2) is 9.59 Å². The van der Waals surface area contributed by atoms with Gasteiger partial charge in [-0.05, 0) is 30.5 Å². The molecule has 1 aliphatic heterocycles. The Balaban J connectivity index is 1.91. The third-order valence-corrected chi connectivity index (χ3v) is 3.51. The van der Waals surface area contributed by atoms with E-state index in [0.29, 0.717) is 13.0 Å². The first-order chi connectivity index (χ1) is 9.99. The van der Waals surface area contributed by atoms with Gasteiger partial charge >= 0.3 is 12.0 Å². The Morgan fingerprint density at radius 2 is 1.95 bits per heavy atom. The molecule has 1 saturated heterocycles. The Bertz CT molecular complexity index is 556. The fourth-order valence-corrected chi connectivity index (χ4v) is 2.38. The fourth-order valence-electron chi connectivity index (χ4n) is 2.38. The molecule has 0 aromatic heterocycles. The molecule has 112 valence electrons. The average Bonchev–Trinajstić information content (AvgIpc) is 2.95. The minimum atomic E-state index is -0.992. The highest BCUT2D eigenvalue weighted by atomic mass is 16.4. The lowest BCUT2D eigenvalue weighted by molar-refractivity contribution is -0.124. The lowest BCUT2D eigenvalue weighted by Crippen LogP contribution is -2.47. The number of carbonyl (C=O) groups is 3. The number of primary amides is 1. The number of carbonyl (C=O) groups excluding carboxylic acids is 2. The highest BCUT2D eigenvalue weighted by Gasteiger charge is 2.32. The van der Waals surface area contributed by atoms with Crippen molar-refractivity contribution in [1.82, 2.24) is 10.2 Å². The van der Waals surface area contributed by atoms with Gasteiger partial charge in [-0.15, -0.1) is 0 Å². The van der Waals surface area contributed by atoms with Crippen molar-refractivity contribution in [1.29, 1.82) is 0 Å². The van der Waals surface area contributed by atoms with Gasteiger partial charge in [-0.3, -0.25) is 4.79 Å². The van der Waals surface area contributed by atoms with Crippen LogP contribution in [0.3, 0.4) is 0 Å². The summed E-state index contributed by atoms with van der Waals surface area (Å²) in [6, 6.07) is 5.15. The normalized spacial score (nSPS) is 17.5. The van der Waals surface area contributed by atoms with Gasteiger partial charge in [0.25, 0.3) is 0 Å². The van der Waals surface area contributed by atoms with Crippen LogP contribution in [0.1, 0.15) is 28.8 Å². The van der Waals surface area contributed by atoms with Crippen molar-refractivity contribution in [3.8, 4) is 0 Å². The molecule has 7 heteroatoms. The second kappa shape index (κ2) is 6.25. The molecule has 0 bridgehead atoms. The summed E-state index contributed by atoms with van der Waals surface area (Å²) in [6.45, 7) is 0.780. The van der Waals surface area contributed by atoms with E-state index in [1.165, 1.54) is 17.0 Å². The van der Waals surface area contributed by atoms with Crippen LogP contribution in [0, 0.1) is 0 Å². The molecule has 0 saturated carbocycles. The first-order valence-electron chi connectivity index (χ1n) is 6.65. The SMILES string of the molecule is NC(=O)N1CCC[C@H]1C(=O)NCc1ccc(C(=O)O)cc1. The van der Waals surface area contributed by atoms with Gasteiger partial charge < -0.3 is 21.1 Å². The first-order valence-corrected chi connectivity index (χ1v) is 6.65. The van der Waals surface area contributed by atoms with Crippen LogP contribution in [-0.4, -0.2) is 40.5 Å². The molecule has 1 fully saturated rings. The predicted octanol–water partition coefficient (Wildman–Crippen LogP) is 0.544. The zero-order valence-corrected chi connectivity index (χ0v) is 11.4. The first kappa shape index (κ1) is 14.8. The Hall–Kier alpha value is -2.57. The number of nitrogens with two attached hydrogens (primary N) is 1. The number of hydrogen-bond donors (Lipinski definition) is 3. The van der Waals surface area contributed by atoms with Crippen LogP contribution >= 0.6 is 0 Å². The maximum Gasteiger partial charge on any atom is 0.335 e. The van der Waals surface area contributed by atoms with E-state index in [1.54, 1.807) is 12.1 Å². The molecule has 2 rings (SSSR count). The number of amides is 3. The number of nitrogens with one attached hydrogen (secondary N) is 1. The number of aromatic carboxylic acids is 1. The summed E-state index contributed by atoms with van der Waals surface area (Å²) < 4.78 is 0. The number of likely N-dealkylation sites (tertiary alicyclic amines) is 1. The molecule has 1 heterocycles. The zero-order valence-electron chi connectivity index (χ0n) is 11.4. The smallest absolute Gasteiger partial charge is 0.335 e. The summed E-state index contributed by atoms with van der Waals surface area (Å²) in [5.74, 6) is -1.23. The number of rotatable bonds is 4. The average molecular weight is 291 g/mol. The second-order valence-electron chi connectivity index (χ2n) is 4.91. The van der Waals surface area contributed by atoms with Crippen molar-refractivity contribution in [3.05, 3.63) is 35.4 Å². The predicted molar refractivity (Wildman–Crippen MR) is 74.6 cm³/mol. The molecule has 1 aromatic rings. The van der Waals surface area contributed by atoms with E-state index in [2.05, 4.69) is 5.32 Å². The lowest BCUT2D eigenvalue weighted by Gasteiger charge is -2.21. The summed E-state index contributed by atoms with van der Waals surface area (Å²) in [7, 11) is 0. The Morgan fingerprint density at radius 1 is 1.29 bits per heavy atom. The van der Waals surface area contributed by atoms with E-state index in [0.717, 1.165) is 12.0 Å². The molecule has 0 spiro atoms. The minimum Gasteiger partial charge on any atom is -0.478 e. The third kappa shape index (κ3) is 3.50. The van der Waals surface area contributed by atoms with Crippen LogP contribution < -0.4 is 11.1 Å². The Morgan fingerprint density at radius 3 is 2.52 bits per heavy atom. The maximum atomic E-state index is 12.1. The number of urea groups is 1. The van der Waals surface area contributed by atoms with Gasteiger partial charge in [0.15, 0.2) is 0 Å². The van der Waals surface area contributed by atoms with Gasteiger partial charge in [-0.1, -0.05) is 12.1 Å². The molecular weight excluding hydrogens is 274 g/mol. The third-order valence-electron chi connectivity index (χ3n) is 3.51. The van der Waals surface area contributed by atoms with Crippen LogP contribution in [0.4, 0.5) is 4.79 Å². The summed E-state index contributed by atoms with van der Waals surface area (Å²) in [4.78, 5) is 35.4. The number of benzene rings is 1. The minimum absolute atomic E-state index is 0.195. The van der Waals surface area contributed by atoms with Crippen molar-refractivity contribution in [2.24, 2.45) is 5.73 Å². The van der Waals surface area contributed by atoms with Crippen LogP contribution in [-0.2, 0) is 11.3 Å². The quantitative estimate of drug-likeness (QED) is 0.751. The number of hydrogen-bond acceptors (Lipinski definition) is 3. The molecule has 0 radical (unpaired) electrons. The zero-order chi connectivity index (χ0) is 15.4. The Kier molecular flexibility index (Phi) is 4.42. The molecule has 0 unspecified atom stereocenters. The van der Waals surface area contributed by atoms with Crippen molar-refractivity contribution < 1.29 is 19.5 Å². The fraction of sp³-hybridized carbons (Fsp3) is 0.357. The van der Waals surface area contributed by atoms with E-state index >= 15 is 0 Å². The van der Waals surface area contributed by atoms with Gasteiger partial charge in [-0.2, -0.15) is 0 Å². The van der Waals surface area contributed by atoms with Crippen molar-refractivity contribution in [2.45, 2.75) is 25.4 Å². The molecule has 7 nitrogen and oxygen atoms in total. The molecular formula is C14H17N3O4. The van der Waals surface area contributed by atoms with Crippen molar-refractivity contribution in [2.75, 3.05) is 6.54 Å². The van der Waals surface area contributed by atoms with Crippen molar-refractivity contribution >= 4 is 17.9 Å². The summed E-state index contributed by atoms with van der Waals surface area (Å²) in [5.41, 5.74) is 6.21. The highest BCUT2D eigenvalue weighted by molar-refractivity contribution is 5.88. The van der Waals surface area contributed by atoms with E-state index in [1.807, 2.05) is 0 Å². The van der Waals surface area contributed by atoms with Crippen LogP contribution in [0.25, 0.3) is 0 Å².